The maximum absolute atomic E-state index is 12.9. The van der Waals surface area contributed by atoms with Gasteiger partial charge in [0.15, 0.2) is 4.77 Å². The van der Waals surface area contributed by atoms with Crippen molar-refractivity contribution in [2.45, 2.75) is 40.2 Å². The molecule has 2 heterocycles. The molecule has 1 fully saturated rings. The van der Waals surface area contributed by atoms with E-state index >= 15 is 0 Å². The molecular formula is C21H30N4O2S. The van der Waals surface area contributed by atoms with Crippen molar-refractivity contribution in [2.75, 3.05) is 32.7 Å². The van der Waals surface area contributed by atoms with Crippen LogP contribution in [0.2, 0.25) is 0 Å². The molecule has 28 heavy (non-hydrogen) atoms. The molecule has 0 saturated carbocycles. The number of likely N-dealkylation sites (tertiary alicyclic amines) is 1. The Morgan fingerprint density at radius 2 is 2.07 bits per heavy atom. The number of nitrogens with zero attached hydrogens (tertiary/aromatic N) is 3. The molecule has 1 amide bonds. The summed E-state index contributed by atoms with van der Waals surface area (Å²) in [5.41, 5.74) is 1.13. The maximum atomic E-state index is 12.9. The number of hydrogen-bond acceptors (Lipinski definition) is 4. The number of benzene rings is 1. The van der Waals surface area contributed by atoms with Gasteiger partial charge in [-0.25, -0.2) is 0 Å². The van der Waals surface area contributed by atoms with Crippen molar-refractivity contribution in [3.05, 3.63) is 38.9 Å². The summed E-state index contributed by atoms with van der Waals surface area (Å²) >= 11 is 5.43. The molecule has 0 spiro atoms. The molecule has 3 rings (SSSR count). The van der Waals surface area contributed by atoms with Crippen molar-refractivity contribution < 1.29 is 4.79 Å². The highest BCUT2D eigenvalue weighted by molar-refractivity contribution is 7.71. The molecule has 1 atom stereocenters. The third-order valence-corrected chi connectivity index (χ3v) is 6.03. The zero-order valence-corrected chi connectivity index (χ0v) is 17.8. The number of aromatic amines is 1. The largest absolute Gasteiger partial charge is 0.338 e. The van der Waals surface area contributed by atoms with Crippen molar-refractivity contribution in [2.24, 2.45) is 5.92 Å². The molecular weight excluding hydrogens is 372 g/mol. The lowest BCUT2D eigenvalue weighted by Crippen LogP contribution is -2.39. The quantitative estimate of drug-likeness (QED) is 0.754. The predicted molar refractivity (Wildman–Crippen MR) is 115 cm³/mol. The SMILES string of the molecule is CCN(CC)CCn1c(=S)[nH]c2cc(C(=O)N3CCC[C@@H](C)C3)ccc2c1=O. The van der Waals surface area contributed by atoms with Crippen LogP contribution >= 0.6 is 12.2 Å². The van der Waals surface area contributed by atoms with Gasteiger partial charge in [0.2, 0.25) is 0 Å². The van der Waals surface area contributed by atoms with Crippen LogP contribution in [0.25, 0.3) is 10.9 Å². The zero-order chi connectivity index (χ0) is 20.3. The monoisotopic (exact) mass is 402 g/mol. The second-order valence-corrected chi connectivity index (χ2v) is 8.06. The van der Waals surface area contributed by atoms with E-state index in [-0.39, 0.29) is 11.5 Å². The van der Waals surface area contributed by atoms with Gasteiger partial charge in [0.1, 0.15) is 0 Å². The molecule has 0 unspecified atom stereocenters. The first-order valence-electron chi connectivity index (χ1n) is 10.2. The van der Waals surface area contributed by atoms with E-state index in [2.05, 4.69) is 30.7 Å². The second-order valence-electron chi connectivity index (χ2n) is 7.67. The summed E-state index contributed by atoms with van der Waals surface area (Å²) in [7, 11) is 0. The van der Waals surface area contributed by atoms with Crippen LogP contribution in [0, 0.1) is 10.7 Å². The fourth-order valence-corrected chi connectivity index (χ4v) is 4.21. The fraction of sp³-hybridized carbons (Fsp3) is 0.571. The Bertz CT molecular complexity index is 961. The predicted octanol–water partition coefficient (Wildman–Crippen LogP) is 3.27. The minimum atomic E-state index is -0.100. The highest BCUT2D eigenvalue weighted by atomic mass is 32.1. The Morgan fingerprint density at radius 3 is 2.75 bits per heavy atom. The van der Waals surface area contributed by atoms with Crippen LogP contribution in [0.4, 0.5) is 0 Å². The number of fused-ring (bicyclic) bond motifs is 1. The molecule has 6 nitrogen and oxygen atoms in total. The summed E-state index contributed by atoms with van der Waals surface area (Å²) in [4.78, 5) is 33.1. The number of rotatable bonds is 6. The van der Waals surface area contributed by atoms with E-state index in [9.17, 15) is 9.59 Å². The Labute approximate surface area is 171 Å². The lowest BCUT2D eigenvalue weighted by Gasteiger charge is -2.31. The maximum Gasteiger partial charge on any atom is 0.262 e. The van der Waals surface area contributed by atoms with E-state index in [1.54, 1.807) is 22.8 Å². The molecule has 152 valence electrons. The van der Waals surface area contributed by atoms with Gasteiger partial charge in [0.05, 0.1) is 10.9 Å². The van der Waals surface area contributed by atoms with Crippen molar-refractivity contribution in [1.82, 2.24) is 19.4 Å². The van der Waals surface area contributed by atoms with Gasteiger partial charge < -0.3 is 14.8 Å². The van der Waals surface area contributed by atoms with Gasteiger partial charge in [-0.05, 0) is 62.3 Å². The number of amides is 1. The molecule has 1 saturated heterocycles. The van der Waals surface area contributed by atoms with Gasteiger partial charge in [-0.15, -0.1) is 0 Å². The smallest absolute Gasteiger partial charge is 0.262 e. The van der Waals surface area contributed by atoms with Crippen LogP contribution in [0.15, 0.2) is 23.0 Å². The van der Waals surface area contributed by atoms with E-state index in [0.29, 0.717) is 33.7 Å². The highest BCUT2D eigenvalue weighted by Gasteiger charge is 2.22. The Kier molecular flexibility index (Phi) is 6.67. The standard InChI is InChI=1S/C21H30N4O2S/c1-4-23(5-2)11-12-25-20(27)17-9-8-16(13-18(17)22-21(25)28)19(26)24-10-6-7-15(3)14-24/h8-9,13,15H,4-7,10-12,14H2,1-3H3,(H,22,28)/t15-/m1/s1. The van der Waals surface area contributed by atoms with E-state index in [0.717, 1.165) is 39.1 Å². The number of nitrogens with one attached hydrogen (secondary N) is 1. The summed E-state index contributed by atoms with van der Waals surface area (Å²) in [6, 6.07) is 5.28. The molecule has 0 aliphatic carbocycles. The van der Waals surface area contributed by atoms with Gasteiger partial charge in [-0.3, -0.25) is 14.2 Å². The number of likely N-dealkylation sites (N-methyl/N-ethyl adjacent to an activating group) is 1. The van der Waals surface area contributed by atoms with Gasteiger partial charge in [-0.2, -0.15) is 0 Å². The summed E-state index contributed by atoms with van der Waals surface area (Å²) in [6.07, 6.45) is 2.21. The number of hydrogen-bond donors (Lipinski definition) is 1. The molecule has 2 aromatic rings. The Balaban J connectivity index is 1.89. The summed E-state index contributed by atoms with van der Waals surface area (Å²) < 4.78 is 2.02. The normalized spacial score (nSPS) is 17.4. The van der Waals surface area contributed by atoms with Crippen LogP contribution in [0.1, 0.15) is 44.0 Å². The Morgan fingerprint density at radius 1 is 1.32 bits per heavy atom. The molecule has 0 bridgehead atoms. The van der Waals surface area contributed by atoms with E-state index in [4.69, 9.17) is 12.2 Å². The second kappa shape index (κ2) is 9.01. The number of carbonyl (C=O) groups is 1. The van der Waals surface area contributed by atoms with Crippen LogP contribution in [-0.2, 0) is 6.54 Å². The highest BCUT2D eigenvalue weighted by Crippen LogP contribution is 2.19. The van der Waals surface area contributed by atoms with Crippen molar-refractivity contribution in [3.8, 4) is 0 Å². The topological polar surface area (TPSA) is 61.3 Å². The summed E-state index contributed by atoms with van der Waals surface area (Å²) in [6.45, 7) is 11.2. The van der Waals surface area contributed by atoms with Crippen LogP contribution in [0.3, 0.4) is 0 Å². The fourth-order valence-electron chi connectivity index (χ4n) is 3.93. The first-order valence-corrected chi connectivity index (χ1v) is 10.6. The van der Waals surface area contributed by atoms with E-state index in [1.165, 1.54) is 6.42 Å². The van der Waals surface area contributed by atoms with Crippen LogP contribution in [-0.4, -0.2) is 58.0 Å². The molecule has 1 N–H and O–H groups in total. The third kappa shape index (κ3) is 4.36. The molecule has 1 aliphatic rings. The number of aromatic nitrogens is 2. The van der Waals surface area contributed by atoms with Gasteiger partial charge in [0.25, 0.3) is 11.5 Å². The van der Waals surface area contributed by atoms with Crippen molar-refractivity contribution in [3.63, 3.8) is 0 Å². The molecule has 1 aliphatic heterocycles. The van der Waals surface area contributed by atoms with Crippen LogP contribution in [0.5, 0.6) is 0 Å². The van der Waals surface area contributed by atoms with E-state index in [1.807, 2.05) is 4.90 Å². The zero-order valence-electron chi connectivity index (χ0n) is 17.0. The molecule has 1 aromatic heterocycles. The van der Waals surface area contributed by atoms with Gasteiger partial charge >= 0.3 is 0 Å². The summed E-state index contributed by atoms with van der Waals surface area (Å²) in [5, 5.41) is 0.566. The van der Waals surface area contributed by atoms with E-state index < -0.39 is 0 Å². The van der Waals surface area contributed by atoms with Gasteiger partial charge in [-0.1, -0.05) is 20.8 Å². The molecule has 0 radical (unpaired) electrons. The molecule has 1 aromatic carbocycles. The Hall–Kier alpha value is -1.99. The average Bonchev–Trinajstić information content (AvgIpc) is 2.69. The number of H-pyrrole nitrogens is 1. The van der Waals surface area contributed by atoms with Gasteiger partial charge in [0, 0.05) is 31.7 Å². The third-order valence-electron chi connectivity index (χ3n) is 5.71. The average molecular weight is 403 g/mol. The lowest BCUT2D eigenvalue weighted by molar-refractivity contribution is 0.0683. The lowest BCUT2D eigenvalue weighted by atomic mass is 9.99. The minimum absolute atomic E-state index is 0.0264. The minimum Gasteiger partial charge on any atom is -0.338 e. The first kappa shape index (κ1) is 20.7. The molecule has 7 heteroatoms. The number of piperidine rings is 1. The van der Waals surface area contributed by atoms with Crippen molar-refractivity contribution >= 4 is 29.0 Å². The van der Waals surface area contributed by atoms with Crippen LogP contribution < -0.4 is 5.56 Å². The first-order chi connectivity index (χ1) is 13.4. The number of carbonyl (C=O) groups excluding carboxylic acids is 1. The van der Waals surface area contributed by atoms with Crippen molar-refractivity contribution in [1.29, 1.82) is 0 Å². The summed E-state index contributed by atoms with van der Waals surface area (Å²) in [5.74, 6) is 0.556.